The number of para-hydroxylation sites is 1. The zero-order valence-electron chi connectivity index (χ0n) is 22.2. The van der Waals surface area contributed by atoms with Crippen molar-refractivity contribution in [1.29, 1.82) is 0 Å². The average Bonchev–Trinajstić information content (AvgIpc) is 3.72. The van der Waals surface area contributed by atoms with E-state index in [1.807, 2.05) is 62.4 Å². The minimum Gasteiger partial charge on any atom is -0.497 e. The van der Waals surface area contributed by atoms with Gasteiger partial charge in [-0.25, -0.2) is 9.97 Å². The third kappa shape index (κ3) is 6.57. The minimum atomic E-state index is 0.134. The molecule has 1 saturated carbocycles. The van der Waals surface area contributed by atoms with Crippen molar-refractivity contribution in [3.8, 4) is 11.6 Å². The quantitative estimate of drug-likeness (QED) is 0.274. The Bertz CT molecular complexity index is 1330. The number of nitrogens with zero attached hydrogens (tertiary/aromatic N) is 3. The number of carbonyl (C=O) groups is 1. The molecule has 10 heteroatoms. The van der Waals surface area contributed by atoms with Crippen LogP contribution in [0.4, 0.5) is 17.3 Å². The molecule has 10 nitrogen and oxygen atoms in total. The number of anilines is 3. The molecule has 1 aliphatic carbocycles. The summed E-state index contributed by atoms with van der Waals surface area (Å²) < 4.78 is 10.3. The van der Waals surface area contributed by atoms with Gasteiger partial charge in [-0.15, -0.1) is 0 Å². The molecule has 1 saturated heterocycles. The van der Waals surface area contributed by atoms with Gasteiger partial charge in [0.2, 0.25) is 5.91 Å². The van der Waals surface area contributed by atoms with Crippen molar-refractivity contribution in [3.05, 3.63) is 60.4 Å². The van der Waals surface area contributed by atoms with E-state index in [2.05, 4.69) is 36.1 Å². The van der Waals surface area contributed by atoms with Gasteiger partial charge in [-0.1, -0.05) is 26.0 Å². The number of carbonyl (C=O) groups excluding carboxylic acids is 1. The highest BCUT2D eigenvalue weighted by molar-refractivity contribution is 5.94. The number of H-pyrrole nitrogens is 1. The molecule has 2 aromatic heterocycles. The van der Waals surface area contributed by atoms with Crippen LogP contribution in [0.15, 0.2) is 54.7 Å². The molecule has 2 fully saturated rings. The fourth-order valence-corrected chi connectivity index (χ4v) is 3.75. The van der Waals surface area contributed by atoms with Gasteiger partial charge >= 0.3 is 0 Å². The summed E-state index contributed by atoms with van der Waals surface area (Å²) in [4.78, 5) is 20.4. The Hall–Kier alpha value is -4.18. The predicted octanol–water partition coefficient (Wildman–Crippen LogP) is 4.86. The van der Waals surface area contributed by atoms with Crippen LogP contribution in [0.3, 0.4) is 0 Å². The number of fused-ring (bicyclic) bond motifs is 1. The molecule has 4 N–H and O–H groups in total. The van der Waals surface area contributed by atoms with Gasteiger partial charge in [-0.3, -0.25) is 9.89 Å². The van der Waals surface area contributed by atoms with Crippen molar-refractivity contribution in [2.45, 2.75) is 32.6 Å². The number of ether oxygens (including phenoxy) is 2. The van der Waals surface area contributed by atoms with Gasteiger partial charge < -0.3 is 25.4 Å². The number of aromatic amines is 1. The minimum absolute atomic E-state index is 0.134. The Morgan fingerprint density at radius 1 is 0.974 bits per heavy atom. The van der Waals surface area contributed by atoms with E-state index in [1.54, 1.807) is 20.4 Å². The molecule has 3 heterocycles. The Balaban J connectivity index is 0.000000182. The Morgan fingerprint density at radius 3 is 2.34 bits per heavy atom. The maximum Gasteiger partial charge on any atom is 0.257 e. The summed E-state index contributed by atoms with van der Waals surface area (Å²) in [5.41, 5.74) is 2.76. The number of methoxy groups -OCH3 is 2. The van der Waals surface area contributed by atoms with E-state index < -0.39 is 0 Å². The van der Waals surface area contributed by atoms with Gasteiger partial charge in [0.1, 0.15) is 5.75 Å². The van der Waals surface area contributed by atoms with E-state index in [9.17, 15) is 4.79 Å². The molecule has 0 radical (unpaired) electrons. The van der Waals surface area contributed by atoms with Crippen LogP contribution < -0.4 is 25.4 Å². The number of benzene rings is 2. The number of rotatable bonds is 7. The SMILES string of the molecule is CC.COc1ccc(NC(=O)C2CC2)cc1.COc1ncc(C2CNC2)nc1Nc1n[nH]c2ccccc12. The van der Waals surface area contributed by atoms with E-state index in [-0.39, 0.29) is 11.8 Å². The highest BCUT2D eigenvalue weighted by atomic mass is 16.5. The topological polar surface area (TPSA) is 126 Å². The molecule has 38 heavy (non-hydrogen) atoms. The van der Waals surface area contributed by atoms with Crippen molar-refractivity contribution in [1.82, 2.24) is 25.5 Å². The van der Waals surface area contributed by atoms with Crippen molar-refractivity contribution in [2.75, 3.05) is 37.9 Å². The van der Waals surface area contributed by atoms with Crippen molar-refractivity contribution >= 4 is 34.1 Å². The third-order valence-corrected chi connectivity index (χ3v) is 6.16. The summed E-state index contributed by atoms with van der Waals surface area (Å²) in [5, 5.41) is 17.6. The normalized spacial score (nSPS) is 14.2. The summed E-state index contributed by atoms with van der Waals surface area (Å²) in [7, 11) is 3.21. The second-order valence-electron chi connectivity index (χ2n) is 8.74. The maximum absolute atomic E-state index is 11.4. The monoisotopic (exact) mass is 517 g/mol. The highest BCUT2D eigenvalue weighted by Gasteiger charge is 2.29. The molecule has 4 aromatic rings. The first kappa shape index (κ1) is 26.9. The third-order valence-electron chi connectivity index (χ3n) is 6.16. The first-order valence-corrected chi connectivity index (χ1v) is 12.9. The number of amides is 1. The summed E-state index contributed by atoms with van der Waals surface area (Å²) in [5.74, 6) is 3.36. The van der Waals surface area contributed by atoms with E-state index in [0.29, 0.717) is 23.4 Å². The molecular formula is C28H35N7O3. The Morgan fingerprint density at radius 2 is 1.71 bits per heavy atom. The van der Waals surface area contributed by atoms with Crippen LogP contribution >= 0.6 is 0 Å². The molecule has 1 amide bonds. The zero-order valence-corrected chi connectivity index (χ0v) is 22.2. The van der Waals surface area contributed by atoms with Crippen molar-refractivity contribution in [2.24, 2.45) is 5.92 Å². The van der Waals surface area contributed by atoms with Crippen LogP contribution in [0, 0.1) is 5.92 Å². The smallest absolute Gasteiger partial charge is 0.257 e. The fraction of sp³-hybridized carbons (Fsp3) is 0.357. The molecule has 2 aliphatic rings. The lowest BCUT2D eigenvalue weighted by Crippen LogP contribution is -2.40. The average molecular weight is 518 g/mol. The van der Waals surface area contributed by atoms with Gasteiger partial charge in [-0.2, -0.15) is 5.10 Å². The lowest BCUT2D eigenvalue weighted by Gasteiger charge is -2.26. The lowest BCUT2D eigenvalue weighted by molar-refractivity contribution is -0.117. The number of nitrogens with one attached hydrogen (secondary N) is 4. The molecule has 200 valence electrons. The van der Waals surface area contributed by atoms with Gasteiger partial charge in [0.05, 0.1) is 31.6 Å². The van der Waals surface area contributed by atoms with Crippen molar-refractivity contribution < 1.29 is 14.3 Å². The summed E-state index contributed by atoms with van der Waals surface area (Å²) in [6.07, 6.45) is 3.84. The zero-order chi connectivity index (χ0) is 26.9. The standard InChI is InChI=1S/C15H16N6O.C11H13NO2.C2H6/c1-22-15-14(18-12(8-17-15)9-6-16-7-9)19-13-10-4-2-3-5-11(10)20-21-13;1-14-10-6-4-9(5-7-10)12-11(13)8-2-3-8;1-2/h2-5,8-9,16H,6-7H2,1H3,(H2,18,19,20,21);4-8H,2-3H2,1H3,(H,12,13);1-2H3. The van der Waals surface area contributed by atoms with Gasteiger partial charge in [0.15, 0.2) is 11.6 Å². The van der Waals surface area contributed by atoms with E-state index in [4.69, 9.17) is 9.47 Å². The van der Waals surface area contributed by atoms with Crippen LogP contribution in [-0.4, -0.2) is 53.4 Å². The van der Waals surface area contributed by atoms with E-state index in [0.717, 1.165) is 54.0 Å². The summed E-state index contributed by atoms with van der Waals surface area (Å²) in [6, 6.07) is 15.3. The van der Waals surface area contributed by atoms with E-state index in [1.165, 1.54) is 0 Å². The number of hydrogen-bond acceptors (Lipinski definition) is 8. The molecule has 6 rings (SSSR count). The second kappa shape index (κ2) is 12.9. The van der Waals surface area contributed by atoms with Gasteiger partial charge in [-0.05, 0) is 49.2 Å². The molecule has 0 spiro atoms. The van der Waals surface area contributed by atoms with Crippen LogP contribution in [0.5, 0.6) is 11.6 Å². The first-order valence-electron chi connectivity index (χ1n) is 12.9. The number of hydrogen-bond donors (Lipinski definition) is 4. The van der Waals surface area contributed by atoms with Crippen LogP contribution in [-0.2, 0) is 4.79 Å². The molecule has 0 bridgehead atoms. The molecule has 1 aliphatic heterocycles. The van der Waals surface area contributed by atoms with Crippen LogP contribution in [0.25, 0.3) is 10.9 Å². The van der Waals surface area contributed by atoms with Gasteiger partial charge in [0.25, 0.3) is 5.88 Å². The lowest BCUT2D eigenvalue weighted by atomic mass is 10.00. The van der Waals surface area contributed by atoms with Crippen molar-refractivity contribution in [3.63, 3.8) is 0 Å². The number of aromatic nitrogens is 4. The Kier molecular flexibility index (Phi) is 9.10. The largest absolute Gasteiger partial charge is 0.497 e. The van der Waals surface area contributed by atoms with Crippen LogP contribution in [0.1, 0.15) is 38.3 Å². The summed E-state index contributed by atoms with van der Waals surface area (Å²) >= 11 is 0. The van der Waals surface area contributed by atoms with Crippen LogP contribution in [0.2, 0.25) is 0 Å². The fourth-order valence-electron chi connectivity index (χ4n) is 3.75. The maximum atomic E-state index is 11.4. The molecule has 0 atom stereocenters. The molecular weight excluding hydrogens is 482 g/mol. The Labute approximate surface area is 222 Å². The molecule has 0 unspecified atom stereocenters. The second-order valence-corrected chi connectivity index (χ2v) is 8.74. The molecule has 2 aromatic carbocycles. The van der Waals surface area contributed by atoms with Gasteiger partial charge in [0, 0.05) is 36.0 Å². The predicted molar refractivity (Wildman–Crippen MR) is 149 cm³/mol. The van der Waals surface area contributed by atoms with E-state index >= 15 is 0 Å². The highest BCUT2D eigenvalue weighted by Crippen LogP contribution is 2.31. The first-order chi connectivity index (χ1) is 18.6. The summed E-state index contributed by atoms with van der Waals surface area (Å²) in [6.45, 7) is 5.87.